The fraction of sp³-hybridized carbons (Fsp3) is 0.0667. The largest absolute Gasteiger partial charge is 0.342 e. The van der Waals surface area contributed by atoms with Crippen molar-refractivity contribution in [2.45, 2.75) is 0 Å². The zero-order valence-electron chi connectivity index (χ0n) is 10.7. The molecule has 0 unspecified atom stereocenters. The summed E-state index contributed by atoms with van der Waals surface area (Å²) in [4.78, 5) is 10.9. The second kappa shape index (κ2) is 4.76. The zero-order chi connectivity index (χ0) is 14.3. The molecule has 20 heavy (non-hydrogen) atoms. The first-order valence-electron chi connectivity index (χ1n) is 6.08. The van der Waals surface area contributed by atoms with E-state index in [1.54, 1.807) is 12.1 Å². The number of nitro groups is 1. The molecule has 1 aromatic heterocycles. The highest BCUT2D eigenvalue weighted by Gasteiger charge is 2.21. The van der Waals surface area contributed by atoms with Gasteiger partial charge >= 0.3 is 0 Å². The second-order valence-corrected chi connectivity index (χ2v) is 5.31. The van der Waals surface area contributed by atoms with Crippen LogP contribution in [-0.4, -0.2) is 9.49 Å². The molecule has 0 atom stereocenters. The van der Waals surface area contributed by atoms with E-state index in [4.69, 9.17) is 0 Å². The molecule has 1 heterocycles. The van der Waals surface area contributed by atoms with Crippen molar-refractivity contribution in [3.8, 4) is 11.3 Å². The molecular formula is C15H11BrN2O2. The minimum atomic E-state index is -0.348. The summed E-state index contributed by atoms with van der Waals surface area (Å²) in [7, 11) is 1.92. The van der Waals surface area contributed by atoms with Crippen LogP contribution in [0, 0.1) is 10.1 Å². The molecule has 0 aliphatic carbocycles. The topological polar surface area (TPSA) is 48.1 Å². The van der Waals surface area contributed by atoms with E-state index in [-0.39, 0.29) is 10.6 Å². The number of fused-ring (bicyclic) bond motifs is 1. The van der Waals surface area contributed by atoms with E-state index in [1.807, 2.05) is 41.9 Å². The summed E-state index contributed by atoms with van der Waals surface area (Å²) >= 11 is 3.58. The van der Waals surface area contributed by atoms with E-state index in [2.05, 4.69) is 15.9 Å². The minimum absolute atomic E-state index is 0.110. The lowest BCUT2D eigenvalue weighted by Gasteiger charge is -2.06. The van der Waals surface area contributed by atoms with E-state index >= 15 is 0 Å². The number of hydrogen-bond donors (Lipinski definition) is 0. The molecule has 2 aromatic carbocycles. The van der Waals surface area contributed by atoms with Crippen LogP contribution >= 0.6 is 15.9 Å². The monoisotopic (exact) mass is 330 g/mol. The fourth-order valence-corrected chi connectivity index (χ4v) is 3.29. The molecule has 3 aromatic rings. The van der Waals surface area contributed by atoms with Gasteiger partial charge in [0.1, 0.15) is 0 Å². The number of aryl methyl sites for hydroxylation is 1. The van der Waals surface area contributed by atoms with Crippen molar-refractivity contribution in [1.82, 2.24) is 4.57 Å². The molecule has 4 nitrogen and oxygen atoms in total. The molecule has 100 valence electrons. The highest BCUT2D eigenvalue weighted by atomic mass is 79.9. The fourth-order valence-electron chi connectivity index (χ4n) is 2.48. The Bertz CT molecular complexity index is 785. The Balaban J connectivity index is 2.39. The van der Waals surface area contributed by atoms with Gasteiger partial charge in [-0.2, -0.15) is 0 Å². The third-order valence-electron chi connectivity index (χ3n) is 3.40. The summed E-state index contributed by atoms with van der Waals surface area (Å²) in [5, 5.41) is 12.3. The number of aromatic nitrogens is 1. The maximum atomic E-state index is 11.2. The Morgan fingerprint density at radius 2 is 1.75 bits per heavy atom. The van der Waals surface area contributed by atoms with E-state index in [0.29, 0.717) is 5.56 Å². The molecule has 3 rings (SSSR count). The van der Waals surface area contributed by atoms with Gasteiger partial charge in [0.2, 0.25) is 0 Å². The average molecular weight is 331 g/mol. The van der Waals surface area contributed by atoms with Gasteiger partial charge in [-0.1, -0.05) is 30.3 Å². The number of nitrogens with zero attached hydrogens (tertiary/aromatic N) is 2. The molecule has 0 radical (unpaired) electrons. The summed E-state index contributed by atoms with van der Waals surface area (Å²) in [6.45, 7) is 0. The molecular weight excluding hydrogens is 320 g/mol. The molecule has 0 aliphatic heterocycles. The van der Waals surface area contributed by atoms with E-state index < -0.39 is 0 Å². The standard InChI is InChI=1S/C15H11BrN2O2/c1-17-12-8-4-2-6-10(12)14(16)15(17)11-7-3-5-9-13(11)18(19)20/h2-9H,1H3. The number of benzene rings is 2. The lowest BCUT2D eigenvalue weighted by molar-refractivity contribution is -0.384. The molecule has 0 bridgehead atoms. The van der Waals surface area contributed by atoms with Crippen molar-refractivity contribution in [1.29, 1.82) is 0 Å². The lowest BCUT2D eigenvalue weighted by atomic mass is 10.1. The van der Waals surface area contributed by atoms with Crippen molar-refractivity contribution in [3.63, 3.8) is 0 Å². The van der Waals surface area contributed by atoms with Crippen LogP contribution < -0.4 is 0 Å². The second-order valence-electron chi connectivity index (χ2n) is 4.51. The molecule has 0 spiro atoms. The van der Waals surface area contributed by atoms with Crippen molar-refractivity contribution in [2.75, 3.05) is 0 Å². The summed E-state index contributed by atoms with van der Waals surface area (Å²) in [6, 6.07) is 14.7. The maximum absolute atomic E-state index is 11.2. The quantitative estimate of drug-likeness (QED) is 0.512. The van der Waals surface area contributed by atoms with Crippen molar-refractivity contribution >= 4 is 32.5 Å². The number of halogens is 1. The van der Waals surface area contributed by atoms with Gasteiger partial charge in [0, 0.05) is 24.0 Å². The Kier molecular flexibility index (Phi) is 3.06. The number of hydrogen-bond acceptors (Lipinski definition) is 2. The first kappa shape index (κ1) is 12.9. The molecule has 0 amide bonds. The molecule has 0 aliphatic rings. The van der Waals surface area contributed by atoms with Crippen LogP contribution in [0.15, 0.2) is 53.0 Å². The SMILES string of the molecule is Cn1c(-c2ccccc2[N+](=O)[O-])c(Br)c2ccccc21. The van der Waals surface area contributed by atoms with Gasteiger partial charge in [0.05, 0.1) is 20.7 Å². The number of para-hydroxylation sites is 2. The maximum Gasteiger partial charge on any atom is 0.278 e. The van der Waals surface area contributed by atoms with Crippen molar-refractivity contribution < 1.29 is 4.92 Å². The predicted molar refractivity (Wildman–Crippen MR) is 82.7 cm³/mol. The van der Waals surface area contributed by atoms with Crippen LogP contribution in [0.4, 0.5) is 5.69 Å². The molecule has 5 heteroatoms. The van der Waals surface area contributed by atoms with Gasteiger partial charge in [-0.05, 0) is 28.1 Å². The van der Waals surface area contributed by atoms with Crippen LogP contribution in [0.3, 0.4) is 0 Å². The molecule has 0 saturated carbocycles. The summed E-state index contributed by atoms with van der Waals surface area (Å²) in [6.07, 6.45) is 0. The summed E-state index contributed by atoms with van der Waals surface area (Å²) in [5.41, 5.74) is 2.58. The van der Waals surface area contributed by atoms with E-state index in [9.17, 15) is 10.1 Å². The highest BCUT2D eigenvalue weighted by Crippen LogP contribution is 2.40. The average Bonchev–Trinajstić information content (AvgIpc) is 2.71. The van der Waals surface area contributed by atoms with Crippen molar-refractivity contribution in [2.24, 2.45) is 7.05 Å². The highest BCUT2D eigenvalue weighted by molar-refractivity contribution is 9.10. The third kappa shape index (κ3) is 1.82. The van der Waals surface area contributed by atoms with Gasteiger partial charge in [-0.25, -0.2) is 0 Å². The van der Waals surface area contributed by atoms with Crippen molar-refractivity contribution in [3.05, 3.63) is 63.1 Å². The predicted octanol–water partition coefficient (Wildman–Crippen LogP) is 4.52. The van der Waals surface area contributed by atoms with Crippen LogP contribution in [0.5, 0.6) is 0 Å². The first-order valence-corrected chi connectivity index (χ1v) is 6.87. The third-order valence-corrected chi connectivity index (χ3v) is 4.20. The first-order chi connectivity index (χ1) is 9.61. The molecule has 0 N–H and O–H groups in total. The van der Waals surface area contributed by atoms with Gasteiger partial charge < -0.3 is 4.57 Å². The Labute approximate surface area is 123 Å². The normalized spacial score (nSPS) is 10.9. The number of nitro benzene ring substituents is 1. The molecule has 0 saturated heterocycles. The number of rotatable bonds is 2. The van der Waals surface area contributed by atoms with Crippen LogP contribution in [0.2, 0.25) is 0 Å². The Hall–Kier alpha value is -2.14. The van der Waals surface area contributed by atoms with E-state index in [1.165, 1.54) is 6.07 Å². The van der Waals surface area contributed by atoms with Gasteiger partial charge in [0.15, 0.2) is 0 Å². The van der Waals surface area contributed by atoms with Gasteiger partial charge in [-0.15, -0.1) is 0 Å². The summed E-state index contributed by atoms with van der Waals surface area (Å²) < 4.78 is 2.85. The smallest absolute Gasteiger partial charge is 0.278 e. The van der Waals surface area contributed by atoms with Crippen LogP contribution in [-0.2, 0) is 7.05 Å². The minimum Gasteiger partial charge on any atom is -0.342 e. The van der Waals surface area contributed by atoms with E-state index in [0.717, 1.165) is 21.1 Å². The molecule has 0 fully saturated rings. The van der Waals surface area contributed by atoms with Crippen LogP contribution in [0.25, 0.3) is 22.2 Å². The van der Waals surface area contributed by atoms with Gasteiger partial charge in [0.25, 0.3) is 5.69 Å². The Morgan fingerprint density at radius 3 is 2.45 bits per heavy atom. The zero-order valence-corrected chi connectivity index (χ0v) is 12.3. The Morgan fingerprint density at radius 1 is 1.10 bits per heavy atom. The van der Waals surface area contributed by atoms with Crippen LogP contribution in [0.1, 0.15) is 0 Å². The summed E-state index contributed by atoms with van der Waals surface area (Å²) in [5.74, 6) is 0. The van der Waals surface area contributed by atoms with Gasteiger partial charge in [-0.3, -0.25) is 10.1 Å². The lowest BCUT2D eigenvalue weighted by Crippen LogP contribution is -1.96.